The van der Waals surface area contributed by atoms with Gasteiger partial charge >= 0.3 is 0 Å². The van der Waals surface area contributed by atoms with Crippen molar-refractivity contribution >= 4 is 21.4 Å². The van der Waals surface area contributed by atoms with Crippen molar-refractivity contribution in [1.29, 1.82) is 0 Å². The van der Waals surface area contributed by atoms with E-state index in [4.69, 9.17) is 4.74 Å². The Morgan fingerprint density at radius 1 is 1.00 bits per heavy atom. The lowest BCUT2D eigenvalue weighted by molar-refractivity contribution is 0.402. The molecular formula is C19H24N2O3S. The van der Waals surface area contributed by atoms with E-state index in [2.05, 4.69) is 10.0 Å². The average Bonchev–Trinajstić information content (AvgIpc) is 3.09. The van der Waals surface area contributed by atoms with Gasteiger partial charge in [-0.25, -0.2) is 8.42 Å². The van der Waals surface area contributed by atoms with Crippen LogP contribution in [0.15, 0.2) is 47.4 Å². The van der Waals surface area contributed by atoms with Crippen molar-refractivity contribution in [3.05, 3.63) is 48.0 Å². The predicted octanol–water partition coefficient (Wildman–Crippen LogP) is 4.16. The minimum atomic E-state index is -3.71. The van der Waals surface area contributed by atoms with Crippen LogP contribution in [-0.2, 0) is 10.0 Å². The summed E-state index contributed by atoms with van der Waals surface area (Å²) in [6.07, 6.45) is 4.94. The fraction of sp³-hybridized carbons (Fsp3) is 0.368. The van der Waals surface area contributed by atoms with E-state index in [0.29, 0.717) is 17.5 Å². The van der Waals surface area contributed by atoms with Crippen molar-refractivity contribution in [2.75, 3.05) is 17.1 Å². The Kier molecular flexibility index (Phi) is 5.18. The van der Waals surface area contributed by atoms with Crippen LogP contribution in [0.25, 0.3) is 0 Å². The van der Waals surface area contributed by atoms with Gasteiger partial charge in [0.15, 0.2) is 0 Å². The molecule has 0 aliphatic heterocycles. The second-order valence-corrected chi connectivity index (χ2v) is 8.11. The molecule has 5 nitrogen and oxygen atoms in total. The standard InChI is InChI=1S/C19H24N2O3S/c1-14-7-12-18(24-2)19(13-14)25(22,23)21-17-10-8-16(9-11-17)20-15-5-3-4-6-15/h7-13,15,20-21H,3-6H2,1-2H3. The molecule has 1 fully saturated rings. The van der Waals surface area contributed by atoms with Crippen molar-refractivity contribution < 1.29 is 13.2 Å². The fourth-order valence-electron chi connectivity index (χ4n) is 3.14. The third-order valence-electron chi connectivity index (χ3n) is 4.47. The molecule has 2 aromatic rings. The summed E-state index contributed by atoms with van der Waals surface area (Å²) >= 11 is 0. The highest BCUT2D eigenvalue weighted by Gasteiger charge is 2.20. The third-order valence-corrected chi connectivity index (χ3v) is 5.87. The Balaban J connectivity index is 1.75. The van der Waals surface area contributed by atoms with Crippen LogP contribution in [0.2, 0.25) is 0 Å². The minimum Gasteiger partial charge on any atom is -0.495 e. The van der Waals surface area contributed by atoms with Gasteiger partial charge in [-0.3, -0.25) is 4.72 Å². The Morgan fingerprint density at radius 3 is 2.28 bits per heavy atom. The molecular weight excluding hydrogens is 336 g/mol. The number of anilines is 2. The van der Waals surface area contributed by atoms with Gasteiger partial charge in [-0.15, -0.1) is 0 Å². The number of nitrogens with one attached hydrogen (secondary N) is 2. The summed E-state index contributed by atoms with van der Waals surface area (Å²) < 4.78 is 33.2. The number of aryl methyl sites for hydroxylation is 1. The van der Waals surface area contributed by atoms with Crippen LogP contribution in [0, 0.1) is 6.92 Å². The lowest BCUT2D eigenvalue weighted by Crippen LogP contribution is -2.15. The number of benzene rings is 2. The van der Waals surface area contributed by atoms with Crippen molar-refractivity contribution in [2.45, 2.75) is 43.5 Å². The van der Waals surface area contributed by atoms with Crippen molar-refractivity contribution in [3.8, 4) is 5.75 Å². The topological polar surface area (TPSA) is 67.4 Å². The molecule has 25 heavy (non-hydrogen) atoms. The van der Waals surface area contributed by atoms with Crippen LogP contribution in [0.1, 0.15) is 31.2 Å². The zero-order valence-electron chi connectivity index (χ0n) is 14.6. The van der Waals surface area contributed by atoms with Gasteiger partial charge in [0.2, 0.25) is 0 Å². The maximum atomic E-state index is 12.7. The van der Waals surface area contributed by atoms with E-state index in [-0.39, 0.29) is 4.90 Å². The molecule has 0 unspecified atom stereocenters. The van der Waals surface area contributed by atoms with Gasteiger partial charge in [0.05, 0.1) is 7.11 Å². The molecule has 0 amide bonds. The number of methoxy groups -OCH3 is 1. The van der Waals surface area contributed by atoms with Gasteiger partial charge in [-0.05, 0) is 61.7 Å². The van der Waals surface area contributed by atoms with Crippen molar-refractivity contribution in [2.24, 2.45) is 0 Å². The summed E-state index contributed by atoms with van der Waals surface area (Å²) in [5.41, 5.74) is 2.40. The molecule has 0 atom stereocenters. The van der Waals surface area contributed by atoms with Gasteiger partial charge < -0.3 is 10.1 Å². The Labute approximate surface area is 149 Å². The zero-order chi connectivity index (χ0) is 17.9. The van der Waals surface area contributed by atoms with Gasteiger partial charge in [0, 0.05) is 17.4 Å². The largest absolute Gasteiger partial charge is 0.495 e. The van der Waals surface area contributed by atoms with Crippen LogP contribution in [0.5, 0.6) is 5.75 Å². The van der Waals surface area contributed by atoms with Crippen LogP contribution in [-0.4, -0.2) is 21.6 Å². The minimum absolute atomic E-state index is 0.142. The fourth-order valence-corrected chi connectivity index (χ4v) is 4.46. The second kappa shape index (κ2) is 7.35. The Bertz CT molecular complexity index is 826. The molecule has 0 heterocycles. The number of ether oxygens (including phenoxy) is 1. The second-order valence-electron chi connectivity index (χ2n) is 6.46. The molecule has 2 aromatic carbocycles. The molecule has 2 N–H and O–H groups in total. The molecule has 1 aliphatic rings. The van der Waals surface area contributed by atoms with E-state index in [9.17, 15) is 8.42 Å². The first-order valence-corrected chi connectivity index (χ1v) is 10.0. The Hall–Kier alpha value is -2.21. The molecule has 1 saturated carbocycles. The number of hydrogen-bond acceptors (Lipinski definition) is 4. The highest BCUT2D eigenvalue weighted by Crippen LogP contribution is 2.28. The number of rotatable bonds is 6. The average molecular weight is 360 g/mol. The zero-order valence-corrected chi connectivity index (χ0v) is 15.4. The number of hydrogen-bond donors (Lipinski definition) is 2. The van der Waals surface area contributed by atoms with Crippen LogP contribution < -0.4 is 14.8 Å². The smallest absolute Gasteiger partial charge is 0.265 e. The molecule has 0 spiro atoms. The quantitative estimate of drug-likeness (QED) is 0.812. The third kappa shape index (κ3) is 4.25. The molecule has 3 rings (SSSR count). The van der Waals surface area contributed by atoms with E-state index < -0.39 is 10.0 Å². The maximum absolute atomic E-state index is 12.7. The molecule has 0 bridgehead atoms. The van der Waals surface area contributed by atoms with Gasteiger partial charge in [-0.1, -0.05) is 18.9 Å². The SMILES string of the molecule is COc1ccc(C)cc1S(=O)(=O)Nc1ccc(NC2CCCC2)cc1. The molecule has 6 heteroatoms. The normalized spacial score (nSPS) is 15.1. The van der Waals surface area contributed by atoms with E-state index in [1.165, 1.54) is 32.8 Å². The lowest BCUT2D eigenvalue weighted by atomic mass is 10.2. The maximum Gasteiger partial charge on any atom is 0.265 e. The monoisotopic (exact) mass is 360 g/mol. The van der Waals surface area contributed by atoms with Crippen LogP contribution >= 0.6 is 0 Å². The van der Waals surface area contributed by atoms with E-state index >= 15 is 0 Å². The van der Waals surface area contributed by atoms with Gasteiger partial charge in [0.1, 0.15) is 10.6 Å². The first-order valence-electron chi connectivity index (χ1n) is 8.52. The molecule has 134 valence electrons. The molecule has 0 radical (unpaired) electrons. The summed E-state index contributed by atoms with van der Waals surface area (Å²) in [4.78, 5) is 0.142. The Morgan fingerprint density at radius 2 is 1.64 bits per heavy atom. The first kappa shape index (κ1) is 17.6. The molecule has 1 aliphatic carbocycles. The predicted molar refractivity (Wildman–Crippen MR) is 101 cm³/mol. The molecule has 0 saturated heterocycles. The van der Waals surface area contributed by atoms with E-state index in [1.807, 2.05) is 25.1 Å². The number of sulfonamides is 1. The van der Waals surface area contributed by atoms with Gasteiger partial charge in [0.25, 0.3) is 10.0 Å². The van der Waals surface area contributed by atoms with Crippen molar-refractivity contribution in [3.63, 3.8) is 0 Å². The van der Waals surface area contributed by atoms with E-state index in [1.54, 1.807) is 24.3 Å². The summed E-state index contributed by atoms with van der Waals surface area (Å²) in [7, 11) is -2.24. The van der Waals surface area contributed by atoms with Crippen LogP contribution in [0.4, 0.5) is 11.4 Å². The van der Waals surface area contributed by atoms with E-state index in [0.717, 1.165) is 11.3 Å². The summed E-state index contributed by atoms with van der Waals surface area (Å²) in [5.74, 6) is 0.331. The summed E-state index contributed by atoms with van der Waals surface area (Å²) in [5, 5.41) is 3.49. The summed E-state index contributed by atoms with van der Waals surface area (Å²) in [6.45, 7) is 1.85. The van der Waals surface area contributed by atoms with Crippen LogP contribution in [0.3, 0.4) is 0 Å². The van der Waals surface area contributed by atoms with Gasteiger partial charge in [-0.2, -0.15) is 0 Å². The van der Waals surface area contributed by atoms with Crippen molar-refractivity contribution in [1.82, 2.24) is 0 Å². The highest BCUT2D eigenvalue weighted by molar-refractivity contribution is 7.92. The lowest BCUT2D eigenvalue weighted by Gasteiger charge is -2.15. The summed E-state index contributed by atoms with van der Waals surface area (Å²) in [6, 6.07) is 13.0. The first-order chi connectivity index (χ1) is 12.0. The molecule has 0 aromatic heterocycles. The highest BCUT2D eigenvalue weighted by atomic mass is 32.2.